The van der Waals surface area contributed by atoms with Gasteiger partial charge in [-0.1, -0.05) is 12.1 Å². The number of benzene rings is 2. The van der Waals surface area contributed by atoms with Gasteiger partial charge in [-0.25, -0.2) is 12.7 Å². The highest BCUT2D eigenvalue weighted by molar-refractivity contribution is 7.89. The van der Waals surface area contributed by atoms with E-state index in [-0.39, 0.29) is 21.1 Å². The second-order valence-corrected chi connectivity index (χ2v) is 13.2. The molecule has 0 radical (unpaired) electrons. The molecule has 32 heavy (non-hydrogen) atoms. The number of halogens is 1. The molecule has 4 aliphatic rings. The summed E-state index contributed by atoms with van der Waals surface area (Å²) in [6, 6.07) is 14.2. The molecule has 2 atom stereocenters. The summed E-state index contributed by atoms with van der Waals surface area (Å²) in [6.45, 7) is 0. The van der Waals surface area contributed by atoms with Gasteiger partial charge in [0.05, 0.1) is 4.90 Å². The number of amides is 1. The van der Waals surface area contributed by atoms with Crippen LogP contribution in [0.3, 0.4) is 0 Å². The highest BCUT2D eigenvalue weighted by Gasteiger charge is 2.57. The molecule has 1 N–H and O–H groups in total. The molecular weight excluding hydrogens is 444 g/mol. The molecule has 1 amide bonds. The number of anilines is 1. The van der Waals surface area contributed by atoms with Gasteiger partial charge >= 0.3 is 0 Å². The fraction of sp³-hybridized carbons (Fsp3) is 0.480. The van der Waals surface area contributed by atoms with E-state index in [1.807, 2.05) is 12.1 Å². The van der Waals surface area contributed by atoms with E-state index < -0.39 is 10.0 Å². The molecule has 6 rings (SSSR count). The molecule has 0 aromatic heterocycles. The summed E-state index contributed by atoms with van der Waals surface area (Å²) in [5, 5.41) is 2.92. The van der Waals surface area contributed by atoms with Crippen LogP contribution in [-0.4, -0.2) is 37.6 Å². The van der Waals surface area contributed by atoms with Crippen molar-refractivity contribution in [2.75, 3.05) is 19.4 Å². The Morgan fingerprint density at radius 1 is 0.969 bits per heavy atom. The summed E-state index contributed by atoms with van der Waals surface area (Å²) in [5.41, 5.74) is 2.67. The number of alkyl halides is 1. The monoisotopic (exact) mass is 472 g/mol. The first-order valence-electron chi connectivity index (χ1n) is 11.2. The van der Waals surface area contributed by atoms with Gasteiger partial charge in [0.2, 0.25) is 10.0 Å². The lowest BCUT2D eigenvalue weighted by Gasteiger charge is -2.60. The predicted octanol–water partition coefficient (Wildman–Crippen LogP) is 5.02. The van der Waals surface area contributed by atoms with E-state index in [9.17, 15) is 13.2 Å². The summed E-state index contributed by atoms with van der Waals surface area (Å²) >= 11 is 7.00. The van der Waals surface area contributed by atoms with Gasteiger partial charge in [0.25, 0.3) is 5.91 Å². The zero-order chi connectivity index (χ0) is 22.7. The van der Waals surface area contributed by atoms with Crippen LogP contribution in [0.5, 0.6) is 0 Å². The van der Waals surface area contributed by atoms with Crippen molar-refractivity contribution in [1.82, 2.24) is 4.31 Å². The fourth-order valence-electron chi connectivity index (χ4n) is 6.59. The molecule has 0 aliphatic heterocycles. The van der Waals surface area contributed by atoms with E-state index in [4.69, 9.17) is 11.6 Å². The van der Waals surface area contributed by atoms with Gasteiger partial charge in [-0.2, -0.15) is 0 Å². The summed E-state index contributed by atoms with van der Waals surface area (Å²) in [5.74, 6) is 1.22. The average molecular weight is 473 g/mol. The largest absolute Gasteiger partial charge is 0.322 e. The van der Waals surface area contributed by atoms with E-state index >= 15 is 0 Å². The lowest BCUT2D eigenvalue weighted by Crippen LogP contribution is -2.55. The molecule has 4 aliphatic carbocycles. The fourth-order valence-corrected chi connectivity index (χ4v) is 8.18. The summed E-state index contributed by atoms with van der Waals surface area (Å²) < 4.78 is 25.6. The molecule has 2 aromatic carbocycles. The molecule has 5 nitrogen and oxygen atoms in total. The van der Waals surface area contributed by atoms with E-state index in [2.05, 4.69) is 17.4 Å². The van der Waals surface area contributed by atoms with Crippen LogP contribution < -0.4 is 5.32 Å². The second-order valence-electron chi connectivity index (χ2n) is 10.2. The van der Waals surface area contributed by atoms with Crippen LogP contribution in [0.2, 0.25) is 0 Å². The topological polar surface area (TPSA) is 66.5 Å². The van der Waals surface area contributed by atoms with Gasteiger partial charge in [0.1, 0.15) is 0 Å². The highest BCUT2D eigenvalue weighted by atomic mass is 35.5. The van der Waals surface area contributed by atoms with Crippen LogP contribution in [0.1, 0.15) is 54.4 Å². The third-order valence-electron chi connectivity index (χ3n) is 7.64. The van der Waals surface area contributed by atoms with Gasteiger partial charge in [-0.05, 0) is 97.7 Å². The molecule has 7 heteroatoms. The van der Waals surface area contributed by atoms with Crippen molar-refractivity contribution in [3.8, 4) is 0 Å². The molecule has 4 bridgehead atoms. The third-order valence-corrected chi connectivity index (χ3v) is 9.91. The SMILES string of the molecule is CN(C)S(=O)(=O)c1ccc(C(=O)Nc2ccc(C34C[C@@H]5C[C@H](CC(Cl)(C5)C3)C4)cc2)cc1. The Kier molecular flexibility index (Phi) is 5.19. The van der Waals surface area contributed by atoms with Gasteiger partial charge in [-0.15, -0.1) is 11.6 Å². The third kappa shape index (κ3) is 3.76. The maximum absolute atomic E-state index is 12.7. The lowest BCUT2D eigenvalue weighted by molar-refractivity contribution is 0.00900. The zero-order valence-electron chi connectivity index (χ0n) is 18.5. The second kappa shape index (κ2) is 7.57. The van der Waals surface area contributed by atoms with E-state index in [1.54, 1.807) is 0 Å². The Labute approximate surface area is 195 Å². The number of rotatable bonds is 5. The minimum atomic E-state index is -3.51. The first-order valence-corrected chi connectivity index (χ1v) is 13.0. The number of nitrogens with zero attached hydrogens (tertiary/aromatic N) is 1. The number of sulfonamides is 1. The van der Waals surface area contributed by atoms with Crippen LogP contribution >= 0.6 is 11.6 Å². The predicted molar refractivity (Wildman–Crippen MR) is 127 cm³/mol. The summed E-state index contributed by atoms with van der Waals surface area (Å²) in [6.07, 6.45) is 7.17. The lowest BCUT2D eigenvalue weighted by atomic mass is 9.47. The number of hydrogen-bond donors (Lipinski definition) is 1. The molecule has 0 unspecified atom stereocenters. The zero-order valence-corrected chi connectivity index (χ0v) is 20.0. The molecule has 0 spiro atoms. The van der Waals surface area contributed by atoms with Crippen LogP contribution in [0, 0.1) is 11.8 Å². The minimum absolute atomic E-state index is 0.0246. The van der Waals surface area contributed by atoms with Crippen molar-refractivity contribution in [3.05, 3.63) is 59.7 Å². The van der Waals surface area contributed by atoms with E-state index in [0.717, 1.165) is 41.1 Å². The van der Waals surface area contributed by atoms with Crippen molar-refractivity contribution in [2.24, 2.45) is 11.8 Å². The average Bonchev–Trinajstić information content (AvgIpc) is 2.72. The van der Waals surface area contributed by atoms with Crippen molar-refractivity contribution in [3.63, 3.8) is 0 Å². The number of carbonyl (C=O) groups excluding carboxylic acids is 1. The first-order chi connectivity index (χ1) is 15.1. The first kappa shape index (κ1) is 21.9. The van der Waals surface area contributed by atoms with Crippen molar-refractivity contribution in [2.45, 2.75) is 53.7 Å². The quantitative estimate of drug-likeness (QED) is 0.621. The van der Waals surface area contributed by atoms with Crippen LogP contribution in [0.15, 0.2) is 53.4 Å². The number of nitrogens with one attached hydrogen (secondary N) is 1. The Hall–Kier alpha value is -1.89. The molecule has 4 fully saturated rings. The van der Waals surface area contributed by atoms with Crippen LogP contribution in [0.4, 0.5) is 5.69 Å². The van der Waals surface area contributed by atoms with Gasteiger partial charge in [0.15, 0.2) is 0 Å². The molecule has 2 aromatic rings. The summed E-state index contributed by atoms with van der Waals surface area (Å²) in [4.78, 5) is 12.8. The van der Waals surface area contributed by atoms with Crippen molar-refractivity contribution >= 4 is 33.2 Å². The van der Waals surface area contributed by atoms with Crippen LogP contribution in [0.25, 0.3) is 0 Å². The van der Waals surface area contributed by atoms with Crippen molar-refractivity contribution in [1.29, 1.82) is 0 Å². The van der Waals surface area contributed by atoms with Gasteiger partial charge in [0, 0.05) is 30.2 Å². The summed E-state index contributed by atoms with van der Waals surface area (Å²) in [7, 11) is -0.550. The van der Waals surface area contributed by atoms with Gasteiger partial charge in [-0.3, -0.25) is 4.79 Å². The Balaban J connectivity index is 1.30. The van der Waals surface area contributed by atoms with E-state index in [1.165, 1.54) is 63.2 Å². The Morgan fingerprint density at radius 3 is 2.09 bits per heavy atom. The molecular formula is C25H29ClN2O3S. The van der Waals surface area contributed by atoms with Crippen molar-refractivity contribution < 1.29 is 13.2 Å². The minimum Gasteiger partial charge on any atom is -0.322 e. The number of carbonyl (C=O) groups is 1. The smallest absolute Gasteiger partial charge is 0.255 e. The molecule has 0 heterocycles. The molecule has 4 saturated carbocycles. The molecule has 170 valence electrons. The molecule has 0 saturated heterocycles. The number of hydrogen-bond acceptors (Lipinski definition) is 3. The Morgan fingerprint density at radius 2 is 1.56 bits per heavy atom. The Bertz CT molecular complexity index is 1130. The van der Waals surface area contributed by atoms with Crippen LogP contribution in [-0.2, 0) is 15.4 Å². The standard InChI is InChI=1S/C25H29ClN2O3S/c1-28(2)32(30,31)22-9-3-19(4-10-22)23(29)27-21-7-5-20(6-8-21)24-12-17-11-18(13-24)15-25(26,14-17)16-24/h3-10,17-18H,11-16H2,1-2H3,(H,27,29)/t17-,18-,24?,25?/m0/s1. The van der Waals surface area contributed by atoms with Gasteiger partial charge < -0.3 is 5.32 Å². The highest BCUT2D eigenvalue weighted by Crippen LogP contribution is 2.64. The normalized spacial score (nSPS) is 31.1. The maximum atomic E-state index is 12.7. The van der Waals surface area contributed by atoms with E-state index in [0.29, 0.717) is 5.56 Å². The maximum Gasteiger partial charge on any atom is 0.255 e.